The van der Waals surface area contributed by atoms with Gasteiger partial charge >= 0.3 is 6.18 Å². The molecule has 218 valence electrons. The minimum absolute atomic E-state index is 0.0293. The van der Waals surface area contributed by atoms with E-state index in [1.807, 2.05) is 40.1 Å². The highest BCUT2D eigenvalue weighted by atomic mass is 19.4. The fraction of sp³-hybridized carbons (Fsp3) is 0.300. The molecule has 1 aliphatic heterocycles. The summed E-state index contributed by atoms with van der Waals surface area (Å²) in [5.74, 6) is -0.299. The Hall–Kier alpha value is -4.56. The summed E-state index contributed by atoms with van der Waals surface area (Å²) in [4.78, 5) is 5.97. The molecule has 0 saturated heterocycles. The van der Waals surface area contributed by atoms with Gasteiger partial charge in [0.2, 0.25) is 0 Å². The van der Waals surface area contributed by atoms with Gasteiger partial charge in [0.1, 0.15) is 11.3 Å². The van der Waals surface area contributed by atoms with Crippen LogP contribution in [0.5, 0.6) is 5.75 Å². The molecular formula is C30H36F3N7O. The lowest BCUT2D eigenvalue weighted by Gasteiger charge is -2.29. The number of aromatic nitrogens is 3. The number of nitriles is 1. The van der Waals surface area contributed by atoms with Gasteiger partial charge < -0.3 is 20.3 Å². The minimum atomic E-state index is -4.66. The lowest BCUT2D eigenvalue weighted by molar-refractivity contribution is -0.0909. The van der Waals surface area contributed by atoms with E-state index in [1.165, 1.54) is 12.3 Å². The lowest BCUT2D eigenvalue weighted by Crippen LogP contribution is -2.27. The first kappa shape index (κ1) is 32.7. The normalized spacial score (nSPS) is 12.7. The molecule has 11 heteroatoms. The van der Waals surface area contributed by atoms with Crippen LogP contribution >= 0.6 is 0 Å². The largest absolute Gasteiger partial charge is 0.454 e. The van der Waals surface area contributed by atoms with Crippen molar-refractivity contribution in [2.24, 2.45) is 0 Å². The van der Waals surface area contributed by atoms with Gasteiger partial charge in [-0.25, -0.2) is 9.67 Å². The molecule has 3 heterocycles. The van der Waals surface area contributed by atoms with E-state index in [0.29, 0.717) is 30.0 Å². The zero-order valence-corrected chi connectivity index (χ0v) is 24.0. The number of nitrogens with zero attached hydrogens (tertiary/aromatic N) is 5. The zero-order valence-electron chi connectivity index (χ0n) is 24.0. The SMILES string of the molecule is C=C1C(Oc2cc(C)cc(C#N)c2)=C(C(F)(F)F)C=CN1Cc1nn(CCNC)c2ncccc12.C=CNC.CC. The van der Waals surface area contributed by atoms with E-state index < -0.39 is 17.5 Å². The van der Waals surface area contributed by atoms with E-state index in [2.05, 4.69) is 33.9 Å². The third-order valence-electron chi connectivity index (χ3n) is 5.66. The van der Waals surface area contributed by atoms with Crippen LogP contribution in [0.15, 0.2) is 85.2 Å². The second kappa shape index (κ2) is 15.3. The Morgan fingerprint density at radius 3 is 2.51 bits per heavy atom. The molecule has 8 nitrogen and oxygen atoms in total. The molecule has 0 atom stereocenters. The summed E-state index contributed by atoms with van der Waals surface area (Å²) in [6, 6.07) is 10.2. The second-order valence-electron chi connectivity index (χ2n) is 8.52. The fourth-order valence-corrected chi connectivity index (χ4v) is 3.82. The molecule has 2 aromatic heterocycles. The molecule has 3 aromatic rings. The van der Waals surface area contributed by atoms with E-state index in [4.69, 9.17) is 4.74 Å². The van der Waals surface area contributed by atoms with Crippen molar-refractivity contribution in [3.8, 4) is 11.8 Å². The van der Waals surface area contributed by atoms with Gasteiger partial charge in [-0.1, -0.05) is 27.0 Å². The van der Waals surface area contributed by atoms with E-state index in [1.54, 1.807) is 47.1 Å². The standard InChI is InChI=1S/C25H23F3N6O.C3H7N.C2H6/c1-16-11-18(14-29)13-19(12-16)35-23-17(2)33(9-6-21(23)25(26,27)28)15-22-20-5-4-7-31-24(20)34(32-22)10-8-30-3;1-3-4-2;1-2/h4-7,9,11-13,30H,2,8,10,15H2,1,3H3;3-4H,1H2,2H3;1-2H3. The first-order chi connectivity index (χ1) is 19.6. The molecule has 0 amide bonds. The summed E-state index contributed by atoms with van der Waals surface area (Å²) in [5, 5.41) is 20.4. The van der Waals surface area contributed by atoms with Crippen molar-refractivity contribution in [1.82, 2.24) is 30.3 Å². The van der Waals surface area contributed by atoms with E-state index in [0.717, 1.165) is 11.5 Å². The summed E-state index contributed by atoms with van der Waals surface area (Å²) >= 11 is 0. The van der Waals surface area contributed by atoms with Crippen molar-refractivity contribution in [3.05, 3.63) is 102 Å². The Morgan fingerprint density at radius 1 is 1.20 bits per heavy atom. The number of hydrogen-bond acceptors (Lipinski definition) is 7. The molecule has 1 aliphatic rings. The summed E-state index contributed by atoms with van der Waals surface area (Å²) in [5.41, 5.74) is 1.39. The Labute approximate surface area is 239 Å². The molecule has 0 fully saturated rings. The highest BCUT2D eigenvalue weighted by molar-refractivity contribution is 5.78. The van der Waals surface area contributed by atoms with Gasteiger partial charge in [0.25, 0.3) is 0 Å². The van der Waals surface area contributed by atoms with Crippen molar-refractivity contribution in [1.29, 1.82) is 5.26 Å². The number of nitrogens with one attached hydrogen (secondary N) is 2. The predicted octanol–water partition coefficient (Wildman–Crippen LogP) is 5.94. The van der Waals surface area contributed by atoms with Gasteiger partial charge in [-0.05, 0) is 62.1 Å². The smallest absolute Gasteiger partial charge is 0.420 e. The number of hydrogen-bond donors (Lipinski definition) is 2. The van der Waals surface area contributed by atoms with Crippen LogP contribution in [0.4, 0.5) is 13.2 Å². The van der Waals surface area contributed by atoms with Crippen LogP contribution in [0.1, 0.15) is 30.7 Å². The summed E-state index contributed by atoms with van der Waals surface area (Å²) in [6.07, 6.45) is 0.923. The number of alkyl halides is 3. The molecule has 2 N–H and O–H groups in total. The van der Waals surface area contributed by atoms with E-state index in [-0.39, 0.29) is 23.6 Å². The molecule has 4 rings (SSSR count). The molecule has 41 heavy (non-hydrogen) atoms. The van der Waals surface area contributed by atoms with Crippen LogP contribution in [0.3, 0.4) is 0 Å². The van der Waals surface area contributed by atoms with Crippen molar-refractivity contribution >= 4 is 11.0 Å². The number of likely N-dealkylation sites (N-methyl/N-ethyl adjacent to an activating group) is 1. The number of fused-ring (bicyclic) bond motifs is 1. The summed E-state index contributed by atoms with van der Waals surface area (Å²) < 4.78 is 49.0. The van der Waals surface area contributed by atoms with Gasteiger partial charge in [0, 0.05) is 31.4 Å². The number of pyridine rings is 1. The zero-order chi connectivity index (χ0) is 30.6. The number of ether oxygens (including phenoxy) is 1. The average molecular weight is 568 g/mol. The number of halogens is 3. The topological polar surface area (TPSA) is 91.0 Å². The third-order valence-corrected chi connectivity index (χ3v) is 5.66. The van der Waals surface area contributed by atoms with Gasteiger partial charge in [-0.2, -0.15) is 23.5 Å². The Balaban J connectivity index is 0.000000902. The molecule has 0 bridgehead atoms. The van der Waals surface area contributed by atoms with Gasteiger partial charge in [0.05, 0.1) is 36.1 Å². The Bertz CT molecular complexity index is 1450. The van der Waals surface area contributed by atoms with Crippen molar-refractivity contribution in [3.63, 3.8) is 0 Å². The molecule has 0 radical (unpaired) electrons. The average Bonchev–Trinajstić information content (AvgIpc) is 3.31. The van der Waals surface area contributed by atoms with Crippen molar-refractivity contribution in [2.75, 3.05) is 20.6 Å². The quantitative estimate of drug-likeness (QED) is 0.348. The van der Waals surface area contributed by atoms with Crippen LogP contribution in [-0.2, 0) is 13.1 Å². The van der Waals surface area contributed by atoms with E-state index in [9.17, 15) is 18.4 Å². The van der Waals surface area contributed by atoms with Gasteiger partial charge in [-0.3, -0.25) is 0 Å². The third kappa shape index (κ3) is 8.46. The number of aryl methyl sites for hydroxylation is 1. The molecule has 0 spiro atoms. The molecule has 0 saturated carbocycles. The maximum Gasteiger partial charge on any atom is 0.420 e. The second-order valence-corrected chi connectivity index (χ2v) is 8.52. The maximum absolute atomic E-state index is 13.8. The first-order valence-electron chi connectivity index (χ1n) is 13.0. The molecule has 0 unspecified atom stereocenters. The maximum atomic E-state index is 13.8. The number of rotatable bonds is 8. The highest BCUT2D eigenvalue weighted by Crippen LogP contribution is 2.38. The first-order valence-corrected chi connectivity index (χ1v) is 13.0. The number of benzene rings is 1. The molecule has 1 aromatic carbocycles. The highest BCUT2D eigenvalue weighted by Gasteiger charge is 2.39. The van der Waals surface area contributed by atoms with Crippen LogP contribution in [-0.4, -0.2) is 46.5 Å². The Kier molecular flexibility index (Phi) is 12.2. The Morgan fingerprint density at radius 2 is 1.90 bits per heavy atom. The van der Waals surface area contributed by atoms with Crippen molar-refractivity contribution < 1.29 is 17.9 Å². The van der Waals surface area contributed by atoms with Crippen LogP contribution in [0.2, 0.25) is 0 Å². The summed E-state index contributed by atoms with van der Waals surface area (Å²) in [6.45, 7) is 14.4. The fourth-order valence-electron chi connectivity index (χ4n) is 3.82. The lowest BCUT2D eigenvalue weighted by atomic mass is 10.1. The predicted molar refractivity (Wildman–Crippen MR) is 155 cm³/mol. The van der Waals surface area contributed by atoms with Gasteiger partial charge in [-0.15, -0.1) is 0 Å². The van der Waals surface area contributed by atoms with Crippen LogP contribution in [0.25, 0.3) is 11.0 Å². The van der Waals surface area contributed by atoms with E-state index >= 15 is 0 Å². The van der Waals surface area contributed by atoms with Crippen LogP contribution < -0.4 is 15.4 Å². The van der Waals surface area contributed by atoms with Gasteiger partial charge in [0.15, 0.2) is 11.4 Å². The minimum Gasteiger partial charge on any atom is -0.454 e. The monoisotopic (exact) mass is 567 g/mol. The van der Waals surface area contributed by atoms with Crippen LogP contribution in [0, 0.1) is 18.3 Å². The molecular weight excluding hydrogens is 531 g/mol. The molecule has 0 aliphatic carbocycles. The van der Waals surface area contributed by atoms with Crippen molar-refractivity contribution in [2.45, 2.75) is 40.0 Å². The summed E-state index contributed by atoms with van der Waals surface area (Å²) in [7, 11) is 3.65. The number of allylic oxidation sites excluding steroid dienone is 2.